The molecule has 0 heterocycles. The van der Waals surface area contributed by atoms with Crippen LogP contribution in [0.5, 0.6) is 0 Å². The zero-order chi connectivity index (χ0) is 7.95. The second-order valence-electron chi connectivity index (χ2n) is 4.13. The van der Waals surface area contributed by atoms with Crippen LogP contribution in [-0.4, -0.2) is 0 Å². The van der Waals surface area contributed by atoms with Gasteiger partial charge in [0, 0.05) is 5.41 Å². The highest BCUT2D eigenvalue weighted by molar-refractivity contribution is 5.28. The first-order chi connectivity index (χ1) is 5.22. The molecule has 60 valence electrons. The van der Waals surface area contributed by atoms with Gasteiger partial charge in [-0.3, -0.25) is 0 Å². The summed E-state index contributed by atoms with van der Waals surface area (Å²) in [6.07, 6.45) is 13.4. The quantitative estimate of drug-likeness (QED) is 0.500. The number of hydrogen-bond donors (Lipinski definition) is 0. The van der Waals surface area contributed by atoms with Crippen LogP contribution in [0.15, 0.2) is 24.3 Å². The average molecular weight is 148 g/mol. The lowest BCUT2D eigenvalue weighted by Crippen LogP contribution is -2.29. The van der Waals surface area contributed by atoms with Crippen molar-refractivity contribution in [2.24, 2.45) is 10.8 Å². The Kier molecular flexibility index (Phi) is 1.30. The maximum Gasteiger partial charge on any atom is 0.00948 e. The minimum absolute atomic E-state index is 0.391. The summed E-state index contributed by atoms with van der Waals surface area (Å²) >= 11 is 0. The van der Waals surface area contributed by atoms with Crippen LogP contribution in [-0.2, 0) is 0 Å². The summed E-state index contributed by atoms with van der Waals surface area (Å²) < 4.78 is 0. The van der Waals surface area contributed by atoms with Gasteiger partial charge in [-0.15, -0.1) is 0 Å². The van der Waals surface area contributed by atoms with Crippen LogP contribution in [0.1, 0.15) is 33.1 Å². The molecule has 0 spiro atoms. The molecule has 0 aromatic carbocycles. The number of allylic oxidation sites excluding steroid dienone is 4. The Hall–Kier alpha value is -0.520. The second-order valence-corrected chi connectivity index (χ2v) is 4.13. The fourth-order valence-electron chi connectivity index (χ4n) is 2.66. The first kappa shape index (κ1) is 7.15. The highest BCUT2D eigenvalue weighted by Crippen LogP contribution is 2.57. The van der Waals surface area contributed by atoms with E-state index in [4.69, 9.17) is 0 Å². The van der Waals surface area contributed by atoms with E-state index in [-0.39, 0.29) is 0 Å². The lowest BCUT2D eigenvalue weighted by molar-refractivity contribution is 0.180. The highest BCUT2D eigenvalue weighted by Gasteiger charge is 2.47. The second kappa shape index (κ2) is 2.00. The lowest BCUT2D eigenvalue weighted by atomic mass is 9.67. The molecule has 0 aliphatic heterocycles. The lowest BCUT2D eigenvalue weighted by Gasteiger charge is -2.36. The molecule has 0 amide bonds. The largest absolute Gasteiger partial charge is 0.0871 e. The summed E-state index contributed by atoms with van der Waals surface area (Å²) in [7, 11) is 0. The van der Waals surface area contributed by atoms with E-state index in [0.717, 1.165) is 0 Å². The standard InChI is InChI=1S/C11H16/c1-3-11-8-4-6-10(11,2)7-5-9-11/h4-7H,3,8-9H2,1-2H3. The van der Waals surface area contributed by atoms with Gasteiger partial charge in [-0.2, -0.15) is 0 Å². The molecule has 0 saturated heterocycles. The van der Waals surface area contributed by atoms with Crippen molar-refractivity contribution in [1.29, 1.82) is 0 Å². The number of rotatable bonds is 1. The molecule has 0 radical (unpaired) electrons. The van der Waals surface area contributed by atoms with Gasteiger partial charge in [-0.1, -0.05) is 38.2 Å². The van der Waals surface area contributed by atoms with E-state index in [0.29, 0.717) is 10.8 Å². The van der Waals surface area contributed by atoms with Gasteiger partial charge in [0.05, 0.1) is 0 Å². The molecular weight excluding hydrogens is 132 g/mol. The van der Waals surface area contributed by atoms with Crippen molar-refractivity contribution < 1.29 is 0 Å². The summed E-state index contributed by atoms with van der Waals surface area (Å²) in [4.78, 5) is 0. The molecule has 0 aromatic heterocycles. The molecule has 2 rings (SSSR count). The zero-order valence-corrected chi connectivity index (χ0v) is 7.43. The molecule has 2 aliphatic carbocycles. The van der Waals surface area contributed by atoms with Gasteiger partial charge >= 0.3 is 0 Å². The van der Waals surface area contributed by atoms with Crippen molar-refractivity contribution >= 4 is 0 Å². The monoisotopic (exact) mass is 148 g/mol. The van der Waals surface area contributed by atoms with Gasteiger partial charge in [0.1, 0.15) is 0 Å². The van der Waals surface area contributed by atoms with E-state index in [1.807, 2.05) is 0 Å². The van der Waals surface area contributed by atoms with Crippen LogP contribution < -0.4 is 0 Å². The van der Waals surface area contributed by atoms with Crippen LogP contribution in [0.2, 0.25) is 0 Å². The maximum atomic E-state index is 2.39. The molecule has 0 heteroatoms. The minimum atomic E-state index is 0.391. The minimum Gasteiger partial charge on any atom is -0.0871 e. The third kappa shape index (κ3) is 0.702. The fraction of sp³-hybridized carbons (Fsp3) is 0.636. The Labute approximate surface area is 69.0 Å². The fourth-order valence-corrected chi connectivity index (χ4v) is 2.66. The molecule has 2 aliphatic rings. The summed E-state index contributed by atoms with van der Waals surface area (Å²) in [6.45, 7) is 4.68. The Bertz CT molecular complexity index is 204. The van der Waals surface area contributed by atoms with Crippen LogP contribution in [0.3, 0.4) is 0 Å². The van der Waals surface area contributed by atoms with Gasteiger partial charge < -0.3 is 0 Å². The molecule has 0 unspecified atom stereocenters. The number of hydrogen-bond acceptors (Lipinski definition) is 0. The molecule has 0 N–H and O–H groups in total. The van der Waals surface area contributed by atoms with E-state index >= 15 is 0 Å². The predicted molar refractivity (Wildman–Crippen MR) is 48.3 cm³/mol. The van der Waals surface area contributed by atoms with Gasteiger partial charge in [0.15, 0.2) is 0 Å². The summed E-state index contributed by atoms with van der Waals surface area (Å²) in [5, 5.41) is 0. The molecule has 0 bridgehead atoms. The molecule has 0 fully saturated rings. The molecule has 0 atom stereocenters. The van der Waals surface area contributed by atoms with Gasteiger partial charge in [0.25, 0.3) is 0 Å². The van der Waals surface area contributed by atoms with Crippen molar-refractivity contribution in [3.05, 3.63) is 24.3 Å². The Morgan fingerprint density at radius 3 is 2.09 bits per heavy atom. The van der Waals surface area contributed by atoms with E-state index in [1.165, 1.54) is 19.3 Å². The predicted octanol–water partition coefficient (Wildman–Crippen LogP) is 3.31. The number of fused-ring (bicyclic) bond motifs is 1. The van der Waals surface area contributed by atoms with E-state index < -0.39 is 0 Å². The van der Waals surface area contributed by atoms with Crippen LogP contribution in [0, 0.1) is 10.8 Å². The van der Waals surface area contributed by atoms with Crippen molar-refractivity contribution in [1.82, 2.24) is 0 Å². The topological polar surface area (TPSA) is 0 Å². The Morgan fingerprint density at radius 2 is 1.73 bits per heavy atom. The third-order valence-corrected chi connectivity index (χ3v) is 3.76. The van der Waals surface area contributed by atoms with Gasteiger partial charge in [0.2, 0.25) is 0 Å². The van der Waals surface area contributed by atoms with Crippen molar-refractivity contribution in [2.75, 3.05) is 0 Å². The summed E-state index contributed by atoms with van der Waals surface area (Å²) in [6, 6.07) is 0. The smallest absolute Gasteiger partial charge is 0.00948 e. The van der Waals surface area contributed by atoms with Crippen LogP contribution in [0.4, 0.5) is 0 Å². The molecular formula is C11H16. The molecule has 0 nitrogen and oxygen atoms in total. The first-order valence-electron chi connectivity index (χ1n) is 4.58. The van der Waals surface area contributed by atoms with Crippen molar-refractivity contribution in [3.63, 3.8) is 0 Å². The highest BCUT2D eigenvalue weighted by atomic mass is 14.5. The van der Waals surface area contributed by atoms with E-state index in [1.54, 1.807) is 0 Å². The van der Waals surface area contributed by atoms with Gasteiger partial charge in [-0.05, 0) is 24.7 Å². The third-order valence-electron chi connectivity index (χ3n) is 3.76. The molecule has 0 aromatic rings. The molecule has 0 saturated carbocycles. The zero-order valence-electron chi connectivity index (χ0n) is 7.43. The Morgan fingerprint density at radius 1 is 1.18 bits per heavy atom. The normalized spacial score (nSPS) is 46.7. The van der Waals surface area contributed by atoms with Gasteiger partial charge in [-0.25, -0.2) is 0 Å². The average Bonchev–Trinajstić information content (AvgIpc) is 2.41. The summed E-state index contributed by atoms with van der Waals surface area (Å²) in [5.41, 5.74) is 0.953. The first-order valence-corrected chi connectivity index (χ1v) is 4.58. The van der Waals surface area contributed by atoms with Crippen molar-refractivity contribution in [3.8, 4) is 0 Å². The van der Waals surface area contributed by atoms with Crippen LogP contribution >= 0.6 is 0 Å². The van der Waals surface area contributed by atoms with E-state index in [2.05, 4.69) is 38.2 Å². The van der Waals surface area contributed by atoms with Crippen LogP contribution in [0.25, 0.3) is 0 Å². The summed E-state index contributed by atoms with van der Waals surface area (Å²) in [5.74, 6) is 0. The Balaban J connectivity index is 2.39. The van der Waals surface area contributed by atoms with E-state index in [9.17, 15) is 0 Å². The molecule has 11 heavy (non-hydrogen) atoms. The van der Waals surface area contributed by atoms with Crippen molar-refractivity contribution in [2.45, 2.75) is 33.1 Å². The maximum absolute atomic E-state index is 2.39. The SMILES string of the molecule is CCC12CC=CC1(C)C=CC2.